The molecule has 7 heteroatoms. The maximum absolute atomic E-state index is 12.9. The number of carbonyl (C=O) groups excluding carboxylic acids is 2. The van der Waals surface area contributed by atoms with Gasteiger partial charge in [0.1, 0.15) is 5.69 Å². The largest absolute Gasteiger partial charge is 0.455 e. The number of nitrogens with one attached hydrogen (secondary N) is 1. The number of hydrogen-bond donors (Lipinski definition) is 1. The third kappa shape index (κ3) is 3.43. The molecule has 0 radical (unpaired) electrons. The van der Waals surface area contributed by atoms with Crippen LogP contribution in [0.4, 0.5) is 5.69 Å². The Balaban J connectivity index is 1.45. The van der Waals surface area contributed by atoms with Crippen molar-refractivity contribution < 1.29 is 14.3 Å². The van der Waals surface area contributed by atoms with Crippen LogP contribution in [0.15, 0.2) is 65.5 Å². The summed E-state index contributed by atoms with van der Waals surface area (Å²) >= 11 is 0. The van der Waals surface area contributed by atoms with Crippen molar-refractivity contribution >= 4 is 17.6 Å². The Labute approximate surface area is 173 Å². The van der Waals surface area contributed by atoms with E-state index in [2.05, 4.69) is 5.32 Å². The van der Waals surface area contributed by atoms with Crippen LogP contribution in [0, 0.1) is 6.92 Å². The Kier molecular flexibility index (Phi) is 5.03. The van der Waals surface area contributed by atoms with Crippen LogP contribution in [0.5, 0.6) is 0 Å². The van der Waals surface area contributed by atoms with E-state index in [-0.39, 0.29) is 11.2 Å². The van der Waals surface area contributed by atoms with Gasteiger partial charge in [0.15, 0.2) is 6.61 Å². The zero-order valence-electron chi connectivity index (χ0n) is 16.9. The molecule has 1 N–H and O–H groups in total. The number of benzene rings is 2. The molecule has 0 aliphatic heterocycles. The van der Waals surface area contributed by atoms with Gasteiger partial charge < -0.3 is 10.1 Å². The fourth-order valence-corrected chi connectivity index (χ4v) is 3.65. The van der Waals surface area contributed by atoms with Crippen molar-refractivity contribution in [2.45, 2.75) is 25.2 Å². The number of esters is 1. The van der Waals surface area contributed by atoms with Gasteiger partial charge in [0.2, 0.25) is 0 Å². The van der Waals surface area contributed by atoms with Crippen LogP contribution < -0.4 is 10.9 Å². The average molecular weight is 405 g/mol. The fraction of sp³-hybridized carbons (Fsp3) is 0.261. The molecule has 1 aliphatic rings. The van der Waals surface area contributed by atoms with E-state index in [1.54, 1.807) is 18.7 Å². The van der Waals surface area contributed by atoms with Gasteiger partial charge in [-0.1, -0.05) is 48.5 Å². The van der Waals surface area contributed by atoms with Gasteiger partial charge in [-0.2, -0.15) is 0 Å². The lowest BCUT2D eigenvalue weighted by atomic mass is 9.96. The molecule has 1 aromatic heterocycles. The van der Waals surface area contributed by atoms with E-state index >= 15 is 0 Å². The summed E-state index contributed by atoms with van der Waals surface area (Å²) in [6, 6.07) is 18.6. The summed E-state index contributed by atoms with van der Waals surface area (Å²) in [6.07, 6.45) is 1.41. The number of nitrogens with zero attached hydrogens (tertiary/aromatic N) is 2. The number of para-hydroxylation sites is 1. The van der Waals surface area contributed by atoms with Crippen LogP contribution in [-0.2, 0) is 26.8 Å². The predicted octanol–water partition coefficient (Wildman–Crippen LogP) is 2.70. The van der Waals surface area contributed by atoms with E-state index in [0.29, 0.717) is 24.2 Å². The molecule has 154 valence electrons. The molecule has 1 fully saturated rings. The highest BCUT2D eigenvalue weighted by Gasteiger charge is 2.52. The van der Waals surface area contributed by atoms with Crippen molar-refractivity contribution in [3.05, 3.63) is 82.3 Å². The second-order valence-corrected chi connectivity index (χ2v) is 7.51. The number of ether oxygens (including phenoxy) is 1. The number of rotatable bonds is 6. The third-order valence-electron chi connectivity index (χ3n) is 5.62. The maximum atomic E-state index is 12.9. The molecule has 0 saturated heterocycles. The van der Waals surface area contributed by atoms with Gasteiger partial charge in [0.05, 0.1) is 16.8 Å². The Morgan fingerprint density at radius 2 is 1.63 bits per heavy atom. The maximum Gasteiger partial charge on any atom is 0.317 e. The predicted molar refractivity (Wildman–Crippen MR) is 113 cm³/mol. The summed E-state index contributed by atoms with van der Waals surface area (Å²) < 4.78 is 8.44. The van der Waals surface area contributed by atoms with E-state index in [9.17, 15) is 14.4 Å². The lowest BCUT2D eigenvalue weighted by molar-refractivity contribution is -0.150. The SMILES string of the molecule is Cc1c(NC(=O)COC(=O)C2(c3ccccc3)CC2)c(=O)n(-c2ccccc2)n1C. The minimum absolute atomic E-state index is 0.173. The topological polar surface area (TPSA) is 82.3 Å². The molecule has 2 aromatic carbocycles. The number of amides is 1. The summed E-state index contributed by atoms with van der Waals surface area (Å²) in [5.74, 6) is -0.950. The van der Waals surface area contributed by atoms with Crippen LogP contribution in [0.1, 0.15) is 24.1 Å². The Morgan fingerprint density at radius 1 is 1.03 bits per heavy atom. The zero-order valence-corrected chi connectivity index (χ0v) is 16.9. The van der Waals surface area contributed by atoms with Crippen molar-refractivity contribution in [2.75, 3.05) is 11.9 Å². The molecule has 0 atom stereocenters. The molecule has 0 bridgehead atoms. The fourth-order valence-electron chi connectivity index (χ4n) is 3.65. The summed E-state index contributed by atoms with van der Waals surface area (Å²) in [6.45, 7) is 1.31. The summed E-state index contributed by atoms with van der Waals surface area (Å²) in [4.78, 5) is 37.9. The number of carbonyl (C=O) groups is 2. The van der Waals surface area contributed by atoms with E-state index in [1.807, 2.05) is 60.7 Å². The average Bonchev–Trinajstić information content (AvgIpc) is 3.55. The monoisotopic (exact) mass is 405 g/mol. The summed E-state index contributed by atoms with van der Waals surface area (Å²) in [5.41, 5.74) is 1.38. The van der Waals surface area contributed by atoms with Crippen LogP contribution in [0.3, 0.4) is 0 Å². The van der Waals surface area contributed by atoms with Gasteiger partial charge >= 0.3 is 5.97 Å². The number of anilines is 1. The zero-order chi connectivity index (χ0) is 21.3. The van der Waals surface area contributed by atoms with Gasteiger partial charge in [-0.25, -0.2) is 4.68 Å². The highest BCUT2D eigenvalue weighted by atomic mass is 16.5. The van der Waals surface area contributed by atoms with E-state index in [0.717, 1.165) is 5.56 Å². The first-order valence-corrected chi connectivity index (χ1v) is 9.81. The molecular formula is C23H23N3O4. The van der Waals surface area contributed by atoms with E-state index < -0.39 is 23.9 Å². The van der Waals surface area contributed by atoms with Crippen LogP contribution >= 0.6 is 0 Å². The molecule has 3 aromatic rings. The molecule has 7 nitrogen and oxygen atoms in total. The highest BCUT2D eigenvalue weighted by molar-refractivity contribution is 5.94. The quantitative estimate of drug-likeness (QED) is 0.640. The summed E-state index contributed by atoms with van der Waals surface area (Å²) in [7, 11) is 1.75. The lowest BCUT2D eigenvalue weighted by Gasteiger charge is -2.14. The van der Waals surface area contributed by atoms with Crippen molar-refractivity contribution in [2.24, 2.45) is 7.05 Å². The number of aromatic nitrogens is 2. The smallest absolute Gasteiger partial charge is 0.317 e. The standard InChI is InChI=1S/C23H23N3O4/c1-16-20(21(28)26(25(16)2)18-11-7-4-8-12-18)24-19(27)15-30-22(29)23(13-14-23)17-9-5-3-6-10-17/h3-12H,13-15H2,1-2H3,(H,24,27). The van der Waals surface area contributed by atoms with Crippen molar-refractivity contribution in [1.29, 1.82) is 0 Å². The first-order chi connectivity index (χ1) is 14.4. The molecular weight excluding hydrogens is 382 g/mol. The second kappa shape index (κ2) is 7.67. The molecule has 1 aliphatic carbocycles. The van der Waals surface area contributed by atoms with Crippen LogP contribution in [-0.4, -0.2) is 27.8 Å². The van der Waals surface area contributed by atoms with Gasteiger partial charge in [-0.3, -0.25) is 19.1 Å². The molecule has 30 heavy (non-hydrogen) atoms. The van der Waals surface area contributed by atoms with Crippen molar-refractivity contribution in [3.63, 3.8) is 0 Å². The molecule has 0 unspecified atom stereocenters. The first kappa shape index (κ1) is 19.7. The van der Waals surface area contributed by atoms with Gasteiger partial charge in [0, 0.05) is 7.05 Å². The van der Waals surface area contributed by atoms with Crippen LogP contribution in [0.25, 0.3) is 5.69 Å². The van der Waals surface area contributed by atoms with Gasteiger partial charge in [-0.05, 0) is 37.5 Å². The minimum atomic E-state index is -0.649. The van der Waals surface area contributed by atoms with Crippen LogP contribution in [0.2, 0.25) is 0 Å². The van der Waals surface area contributed by atoms with Crippen molar-refractivity contribution in [3.8, 4) is 5.69 Å². The number of hydrogen-bond acceptors (Lipinski definition) is 4. The molecule has 4 rings (SSSR count). The minimum Gasteiger partial charge on any atom is -0.455 e. The Morgan fingerprint density at radius 3 is 2.23 bits per heavy atom. The third-order valence-corrected chi connectivity index (χ3v) is 5.62. The molecule has 1 amide bonds. The Hall–Kier alpha value is -3.61. The molecule has 1 saturated carbocycles. The van der Waals surface area contributed by atoms with Crippen molar-refractivity contribution in [1.82, 2.24) is 9.36 Å². The van der Waals surface area contributed by atoms with Gasteiger partial charge in [0.25, 0.3) is 11.5 Å². The van der Waals surface area contributed by atoms with Gasteiger partial charge in [-0.15, -0.1) is 0 Å². The molecule has 1 heterocycles. The van der Waals surface area contributed by atoms with E-state index in [1.165, 1.54) is 4.68 Å². The summed E-state index contributed by atoms with van der Waals surface area (Å²) in [5, 5.41) is 2.61. The Bertz CT molecular complexity index is 1140. The first-order valence-electron chi connectivity index (χ1n) is 9.81. The molecule has 0 spiro atoms. The highest BCUT2D eigenvalue weighted by Crippen LogP contribution is 2.49. The van der Waals surface area contributed by atoms with E-state index in [4.69, 9.17) is 4.74 Å². The normalized spacial score (nSPS) is 14.2. The lowest BCUT2D eigenvalue weighted by Crippen LogP contribution is -2.29. The second-order valence-electron chi connectivity index (χ2n) is 7.51.